The molecule has 1 fully saturated rings. The van der Waals surface area contributed by atoms with Gasteiger partial charge in [0.1, 0.15) is 10.6 Å². The molecule has 1 aliphatic rings. The Kier molecular flexibility index (Phi) is 6.35. The van der Waals surface area contributed by atoms with Gasteiger partial charge >= 0.3 is 11.9 Å². The highest BCUT2D eigenvalue weighted by Crippen LogP contribution is 2.31. The molecular formula is C17H18Cl2N4O5S. The average molecular weight is 461 g/mol. The number of nitrogens with one attached hydrogen (secondary N) is 2. The molecule has 0 aliphatic carbocycles. The predicted octanol–water partition coefficient (Wildman–Crippen LogP) is 2.58. The summed E-state index contributed by atoms with van der Waals surface area (Å²) in [5.74, 6) is -2.93. The second kappa shape index (κ2) is 8.60. The van der Waals surface area contributed by atoms with Crippen LogP contribution in [-0.4, -0.2) is 59.2 Å². The Morgan fingerprint density at radius 2 is 2.10 bits per heavy atom. The van der Waals surface area contributed by atoms with Crippen LogP contribution in [0.3, 0.4) is 0 Å². The number of esters is 1. The standard InChI is InChI=1S/C17H18Cl2N4O5S/c1-7-11(18)12(19)13(21-7)14(24)22-9-3-4-23(6-8(9)15(25)26)17-20-5-10(29-17)16(27)28-2/h5,8-9,21H,3-4,6H2,1-2H3,(H,22,24)(H,25,26). The summed E-state index contributed by atoms with van der Waals surface area (Å²) >= 11 is 13.2. The van der Waals surface area contributed by atoms with Crippen molar-refractivity contribution in [3.63, 3.8) is 0 Å². The van der Waals surface area contributed by atoms with E-state index in [0.29, 0.717) is 28.7 Å². The summed E-state index contributed by atoms with van der Waals surface area (Å²) in [6, 6.07) is -0.602. The van der Waals surface area contributed by atoms with Crippen LogP contribution in [0.15, 0.2) is 6.20 Å². The molecule has 0 spiro atoms. The van der Waals surface area contributed by atoms with Crippen LogP contribution in [0, 0.1) is 12.8 Å². The molecule has 1 saturated heterocycles. The first-order valence-electron chi connectivity index (χ1n) is 8.59. The number of piperidine rings is 1. The zero-order chi connectivity index (χ0) is 21.3. The summed E-state index contributed by atoms with van der Waals surface area (Å²) in [7, 11) is 1.28. The molecule has 1 amide bonds. The Bertz CT molecular complexity index is 960. The number of halogens is 2. The molecule has 0 saturated carbocycles. The van der Waals surface area contributed by atoms with Gasteiger partial charge in [0, 0.05) is 24.8 Å². The lowest BCUT2D eigenvalue weighted by Crippen LogP contribution is -2.53. The maximum Gasteiger partial charge on any atom is 0.349 e. The minimum atomic E-state index is -1.04. The SMILES string of the molecule is COC(=O)c1cnc(N2CCC(NC(=O)c3[nH]c(C)c(Cl)c3Cl)C(C(=O)O)C2)s1. The molecule has 3 N–H and O–H groups in total. The van der Waals surface area contributed by atoms with Crippen molar-refractivity contribution in [3.05, 3.63) is 32.5 Å². The fourth-order valence-corrected chi connectivity index (χ4v) is 4.41. The molecule has 1 aliphatic heterocycles. The van der Waals surface area contributed by atoms with E-state index >= 15 is 0 Å². The number of rotatable bonds is 5. The second-order valence-electron chi connectivity index (χ2n) is 6.51. The number of hydrogen-bond donors (Lipinski definition) is 3. The average Bonchev–Trinajstić information content (AvgIpc) is 3.29. The number of methoxy groups -OCH3 is 1. The van der Waals surface area contributed by atoms with E-state index in [1.807, 2.05) is 0 Å². The van der Waals surface area contributed by atoms with E-state index in [0.717, 1.165) is 11.3 Å². The Morgan fingerprint density at radius 3 is 2.69 bits per heavy atom. The molecule has 2 atom stereocenters. The topological polar surface area (TPSA) is 125 Å². The van der Waals surface area contributed by atoms with Crippen molar-refractivity contribution in [1.82, 2.24) is 15.3 Å². The number of amides is 1. The van der Waals surface area contributed by atoms with Crippen molar-refractivity contribution in [2.75, 3.05) is 25.1 Å². The van der Waals surface area contributed by atoms with Crippen molar-refractivity contribution >= 4 is 57.5 Å². The lowest BCUT2D eigenvalue weighted by molar-refractivity contribution is -0.142. The quantitative estimate of drug-likeness (QED) is 0.585. The normalized spacial score (nSPS) is 19.1. The van der Waals surface area contributed by atoms with Crippen molar-refractivity contribution in [2.24, 2.45) is 5.92 Å². The van der Waals surface area contributed by atoms with Gasteiger partial charge < -0.3 is 25.0 Å². The Hall–Kier alpha value is -2.30. The number of carbonyl (C=O) groups is 3. The largest absolute Gasteiger partial charge is 0.481 e. The van der Waals surface area contributed by atoms with Gasteiger partial charge in [0.15, 0.2) is 5.13 Å². The number of nitrogens with zero attached hydrogens (tertiary/aromatic N) is 2. The van der Waals surface area contributed by atoms with Gasteiger partial charge in [-0.2, -0.15) is 0 Å². The monoisotopic (exact) mass is 460 g/mol. The van der Waals surface area contributed by atoms with E-state index in [4.69, 9.17) is 23.2 Å². The number of aromatic amines is 1. The van der Waals surface area contributed by atoms with Crippen LogP contribution in [0.25, 0.3) is 0 Å². The zero-order valence-electron chi connectivity index (χ0n) is 15.5. The summed E-state index contributed by atoms with van der Waals surface area (Å²) in [6.45, 7) is 2.27. The highest BCUT2D eigenvalue weighted by molar-refractivity contribution is 7.17. The predicted molar refractivity (Wildman–Crippen MR) is 108 cm³/mol. The van der Waals surface area contributed by atoms with Gasteiger partial charge in [0.25, 0.3) is 5.91 Å². The molecule has 2 aromatic rings. The Balaban J connectivity index is 1.73. The maximum absolute atomic E-state index is 12.6. The van der Waals surface area contributed by atoms with Gasteiger partial charge in [-0.15, -0.1) is 0 Å². The van der Waals surface area contributed by atoms with Crippen LogP contribution in [0.1, 0.15) is 32.3 Å². The molecular weight excluding hydrogens is 443 g/mol. The van der Waals surface area contributed by atoms with Crippen LogP contribution in [0.4, 0.5) is 5.13 Å². The van der Waals surface area contributed by atoms with Gasteiger partial charge in [-0.05, 0) is 13.3 Å². The van der Waals surface area contributed by atoms with Gasteiger partial charge in [0.2, 0.25) is 0 Å². The van der Waals surface area contributed by atoms with E-state index < -0.39 is 29.8 Å². The third-order valence-corrected chi connectivity index (χ3v) is 6.66. The minimum absolute atomic E-state index is 0.100. The summed E-state index contributed by atoms with van der Waals surface area (Å²) < 4.78 is 4.67. The lowest BCUT2D eigenvalue weighted by atomic mass is 9.92. The summed E-state index contributed by atoms with van der Waals surface area (Å²) in [5, 5.41) is 13.3. The summed E-state index contributed by atoms with van der Waals surface area (Å²) in [4.78, 5) is 45.1. The molecule has 156 valence electrons. The lowest BCUT2D eigenvalue weighted by Gasteiger charge is -2.36. The second-order valence-corrected chi connectivity index (χ2v) is 8.28. The molecule has 0 bridgehead atoms. The Morgan fingerprint density at radius 1 is 1.38 bits per heavy atom. The highest BCUT2D eigenvalue weighted by atomic mass is 35.5. The first-order valence-corrected chi connectivity index (χ1v) is 10.2. The van der Waals surface area contributed by atoms with Crippen LogP contribution >= 0.6 is 34.5 Å². The number of aromatic nitrogens is 2. The van der Waals surface area contributed by atoms with Gasteiger partial charge in [-0.25, -0.2) is 9.78 Å². The maximum atomic E-state index is 12.6. The van der Waals surface area contributed by atoms with Crippen molar-refractivity contribution in [3.8, 4) is 0 Å². The first-order chi connectivity index (χ1) is 13.7. The van der Waals surface area contributed by atoms with Gasteiger partial charge in [-0.1, -0.05) is 34.5 Å². The number of carboxylic acid groups (broad SMARTS) is 1. The molecule has 2 aromatic heterocycles. The number of hydrogen-bond acceptors (Lipinski definition) is 7. The molecule has 3 heterocycles. The molecule has 29 heavy (non-hydrogen) atoms. The fourth-order valence-electron chi connectivity index (χ4n) is 3.12. The summed E-state index contributed by atoms with van der Waals surface area (Å²) in [6.07, 6.45) is 1.77. The molecule has 12 heteroatoms. The van der Waals surface area contributed by atoms with Gasteiger partial charge in [0.05, 0.1) is 29.3 Å². The van der Waals surface area contributed by atoms with Crippen LogP contribution < -0.4 is 10.2 Å². The fraction of sp³-hybridized carbons (Fsp3) is 0.412. The van der Waals surface area contributed by atoms with E-state index in [-0.39, 0.29) is 22.3 Å². The molecule has 2 unspecified atom stereocenters. The van der Waals surface area contributed by atoms with Crippen molar-refractivity contribution in [2.45, 2.75) is 19.4 Å². The molecule has 0 aromatic carbocycles. The number of ether oxygens (including phenoxy) is 1. The van der Waals surface area contributed by atoms with E-state index in [1.165, 1.54) is 13.3 Å². The van der Waals surface area contributed by atoms with E-state index in [1.54, 1.807) is 11.8 Å². The number of carbonyl (C=O) groups excluding carboxylic acids is 2. The smallest absolute Gasteiger partial charge is 0.349 e. The van der Waals surface area contributed by atoms with Crippen LogP contribution in [-0.2, 0) is 9.53 Å². The first kappa shape index (κ1) is 21.4. The number of aryl methyl sites for hydroxylation is 1. The third-order valence-electron chi connectivity index (χ3n) is 4.68. The van der Waals surface area contributed by atoms with Crippen LogP contribution in [0.2, 0.25) is 10.0 Å². The number of H-pyrrole nitrogens is 1. The van der Waals surface area contributed by atoms with E-state index in [9.17, 15) is 19.5 Å². The summed E-state index contributed by atoms with van der Waals surface area (Å²) in [5.41, 5.74) is 0.653. The molecule has 0 radical (unpaired) electrons. The molecule has 3 rings (SSSR count). The zero-order valence-corrected chi connectivity index (χ0v) is 17.8. The number of aliphatic carboxylic acids is 1. The third kappa shape index (κ3) is 4.34. The van der Waals surface area contributed by atoms with E-state index in [2.05, 4.69) is 20.0 Å². The number of anilines is 1. The van der Waals surface area contributed by atoms with Crippen molar-refractivity contribution < 1.29 is 24.2 Å². The number of thiazole rings is 1. The number of carboxylic acids is 1. The highest BCUT2D eigenvalue weighted by Gasteiger charge is 2.37. The van der Waals surface area contributed by atoms with Crippen LogP contribution in [0.5, 0.6) is 0 Å². The Labute approximate surface area is 180 Å². The molecule has 9 nitrogen and oxygen atoms in total. The van der Waals surface area contributed by atoms with Gasteiger partial charge in [-0.3, -0.25) is 9.59 Å². The minimum Gasteiger partial charge on any atom is -0.481 e. The van der Waals surface area contributed by atoms with Crippen molar-refractivity contribution in [1.29, 1.82) is 0 Å².